The van der Waals surface area contributed by atoms with Crippen LogP contribution >= 0.6 is 68.1 Å². The van der Waals surface area contributed by atoms with Gasteiger partial charge in [-0.3, -0.25) is 9.36 Å². The van der Waals surface area contributed by atoms with Crippen LogP contribution in [0.25, 0.3) is 11.8 Å². The Hall–Kier alpha value is -3.46. The lowest BCUT2D eigenvalue weighted by Gasteiger charge is -2.26. The minimum Gasteiger partial charge on any atom is -0.494 e. The van der Waals surface area contributed by atoms with Gasteiger partial charge in [0.1, 0.15) is 18.1 Å². The van der Waals surface area contributed by atoms with Crippen molar-refractivity contribution in [1.29, 1.82) is 0 Å². The van der Waals surface area contributed by atoms with Crippen LogP contribution in [-0.4, -0.2) is 23.8 Å². The second-order valence-corrected chi connectivity index (χ2v) is 14.4. The van der Waals surface area contributed by atoms with Gasteiger partial charge in [-0.15, -0.1) is 0 Å². The van der Waals surface area contributed by atoms with Crippen LogP contribution in [0.5, 0.6) is 11.5 Å². The Balaban J connectivity index is 1.47. The van der Waals surface area contributed by atoms with Crippen molar-refractivity contribution in [2.24, 2.45) is 4.99 Å². The first-order valence-electron chi connectivity index (χ1n) is 15.1. The number of hydrogen-bond acceptors (Lipinski definition) is 7. The van der Waals surface area contributed by atoms with Gasteiger partial charge < -0.3 is 14.2 Å². The second kappa shape index (κ2) is 15.4. The summed E-state index contributed by atoms with van der Waals surface area (Å²) in [5.41, 5.74) is 3.88. The first-order valence-corrected chi connectivity index (χ1v) is 18.5. The van der Waals surface area contributed by atoms with E-state index in [1.165, 1.54) is 11.3 Å². The molecule has 1 atom stereocenters. The Morgan fingerprint density at radius 3 is 2.27 bits per heavy atom. The zero-order valence-corrected chi connectivity index (χ0v) is 31.8. The molecule has 1 aliphatic heterocycles. The third-order valence-corrected chi connectivity index (χ3v) is 10.3. The molecule has 1 aromatic heterocycles. The summed E-state index contributed by atoms with van der Waals surface area (Å²) < 4.78 is 21.3. The summed E-state index contributed by atoms with van der Waals surface area (Å²) in [6.45, 7) is 4.79. The molecule has 0 spiro atoms. The smallest absolute Gasteiger partial charge is 0.338 e. The van der Waals surface area contributed by atoms with Gasteiger partial charge in [-0.25, -0.2) is 9.79 Å². The van der Waals surface area contributed by atoms with Crippen LogP contribution < -0.4 is 24.4 Å². The molecule has 48 heavy (non-hydrogen) atoms. The zero-order valence-electron chi connectivity index (χ0n) is 25.9. The van der Waals surface area contributed by atoms with Crippen molar-refractivity contribution in [2.45, 2.75) is 26.5 Å². The average molecular weight is 903 g/mol. The van der Waals surface area contributed by atoms with Gasteiger partial charge in [0.15, 0.2) is 4.80 Å². The number of benzene rings is 4. The number of ether oxygens (including phenoxy) is 3. The molecule has 0 amide bonds. The fourth-order valence-electron chi connectivity index (χ4n) is 5.36. The molecule has 6 rings (SSSR count). The van der Waals surface area contributed by atoms with Crippen LogP contribution in [0.3, 0.4) is 0 Å². The van der Waals surface area contributed by atoms with Gasteiger partial charge in [0.25, 0.3) is 5.56 Å². The largest absolute Gasteiger partial charge is 0.494 e. The first kappa shape index (κ1) is 34.4. The van der Waals surface area contributed by atoms with E-state index in [2.05, 4.69) is 45.2 Å². The van der Waals surface area contributed by atoms with Crippen LogP contribution in [0.1, 0.15) is 42.1 Å². The van der Waals surface area contributed by atoms with E-state index in [0.29, 0.717) is 44.6 Å². The zero-order chi connectivity index (χ0) is 33.8. The number of thiazole rings is 1. The van der Waals surface area contributed by atoms with Gasteiger partial charge in [0, 0.05) is 10.6 Å². The molecule has 5 aromatic rings. The highest BCUT2D eigenvalue weighted by Crippen LogP contribution is 2.36. The number of carbonyl (C=O) groups excluding carboxylic acids is 1. The molecule has 0 saturated carbocycles. The molecule has 0 saturated heterocycles. The van der Waals surface area contributed by atoms with Gasteiger partial charge >= 0.3 is 5.97 Å². The monoisotopic (exact) mass is 902 g/mol. The Kier molecular flexibility index (Phi) is 11.0. The predicted octanol–water partition coefficient (Wildman–Crippen LogP) is 7.78. The van der Waals surface area contributed by atoms with Crippen LogP contribution in [0.4, 0.5) is 0 Å². The summed E-state index contributed by atoms with van der Waals surface area (Å²) in [4.78, 5) is 33.4. The SMILES string of the molecule is CCOC(=O)C1=C(c2ccccc2)N=c2s/c(=C\c3cc(I)c(OCc4ccc(Cl)cc4)c(I)c3)c(=O)n2[C@@H]1c1ccc(OCC)cc1. The van der Waals surface area contributed by atoms with Crippen LogP contribution in [0, 0.1) is 7.14 Å². The molecule has 0 radical (unpaired) electrons. The van der Waals surface area contributed by atoms with Gasteiger partial charge in [-0.05, 0) is 118 Å². The van der Waals surface area contributed by atoms with Crippen molar-refractivity contribution in [3.05, 3.63) is 151 Å². The molecule has 11 heteroatoms. The summed E-state index contributed by atoms with van der Waals surface area (Å²) in [7, 11) is 0. The molecule has 0 fully saturated rings. The molecule has 0 N–H and O–H groups in total. The van der Waals surface area contributed by atoms with Crippen molar-refractivity contribution in [3.8, 4) is 11.5 Å². The van der Waals surface area contributed by atoms with Gasteiger partial charge in [-0.1, -0.05) is 77.5 Å². The van der Waals surface area contributed by atoms with Crippen molar-refractivity contribution in [3.63, 3.8) is 0 Å². The number of hydrogen-bond donors (Lipinski definition) is 0. The Labute approximate surface area is 313 Å². The van der Waals surface area contributed by atoms with Crippen molar-refractivity contribution >= 4 is 85.9 Å². The van der Waals surface area contributed by atoms with Crippen molar-refractivity contribution in [1.82, 2.24) is 4.57 Å². The third-order valence-electron chi connectivity index (χ3n) is 7.50. The van der Waals surface area contributed by atoms with E-state index in [0.717, 1.165) is 35.1 Å². The highest BCUT2D eigenvalue weighted by molar-refractivity contribution is 14.1. The van der Waals surface area contributed by atoms with Crippen LogP contribution in [-0.2, 0) is 16.1 Å². The second-order valence-electron chi connectivity index (χ2n) is 10.7. The van der Waals surface area contributed by atoms with Gasteiger partial charge in [-0.2, -0.15) is 0 Å². The van der Waals surface area contributed by atoms with Gasteiger partial charge in [0.05, 0.1) is 42.2 Å². The fourth-order valence-corrected chi connectivity index (χ4v) is 8.61. The van der Waals surface area contributed by atoms with E-state index in [4.69, 9.17) is 30.8 Å². The maximum atomic E-state index is 14.3. The highest BCUT2D eigenvalue weighted by atomic mass is 127. The maximum absolute atomic E-state index is 14.3. The van der Waals surface area contributed by atoms with E-state index >= 15 is 0 Å². The fraction of sp³-hybridized carbons (Fsp3) is 0.162. The summed E-state index contributed by atoms with van der Waals surface area (Å²) in [5, 5.41) is 0.678. The average Bonchev–Trinajstić information content (AvgIpc) is 3.39. The molecular weight excluding hydrogens is 874 g/mol. The summed E-state index contributed by atoms with van der Waals surface area (Å²) in [6.07, 6.45) is 1.86. The van der Waals surface area contributed by atoms with E-state index in [-0.39, 0.29) is 12.2 Å². The maximum Gasteiger partial charge on any atom is 0.338 e. The molecule has 2 heterocycles. The number of rotatable bonds is 10. The lowest BCUT2D eigenvalue weighted by Crippen LogP contribution is -2.40. The predicted molar refractivity (Wildman–Crippen MR) is 206 cm³/mol. The van der Waals surface area contributed by atoms with E-state index in [1.54, 1.807) is 11.5 Å². The molecule has 0 aliphatic carbocycles. The number of halogens is 3. The quantitative estimate of drug-likeness (QED) is 0.106. The Morgan fingerprint density at radius 1 is 0.938 bits per heavy atom. The molecule has 1 aliphatic rings. The summed E-state index contributed by atoms with van der Waals surface area (Å²) >= 11 is 11.8. The standard InChI is InChI=1S/C37H29ClI2N2O5S/c1-3-45-27-16-12-25(13-17-27)33-31(36(44)46-4-2)32(24-8-6-5-7-9-24)41-37-42(33)35(43)30(48-37)20-23-18-28(39)34(29(40)19-23)47-21-22-10-14-26(38)15-11-22/h5-20,33H,3-4,21H2,1-2H3/b30-20-/t33-/m1/s1. The summed E-state index contributed by atoms with van der Waals surface area (Å²) in [6, 6.07) is 27.7. The number of fused-ring (bicyclic) bond motifs is 1. The minimum atomic E-state index is -0.766. The lowest BCUT2D eigenvalue weighted by molar-refractivity contribution is -0.138. The Bertz CT molecular complexity index is 2160. The lowest BCUT2D eigenvalue weighted by atomic mass is 9.93. The minimum absolute atomic E-state index is 0.182. The topological polar surface area (TPSA) is 79.1 Å². The third kappa shape index (κ3) is 7.41. The molecule has 4 aromatic carbocycles. The highest BCUT2D eigenvalue weighted by Gasteiger charge is 2.35. The number of carbonyl (C=O) groups is 1. The van der Waals surface area contributed by atoms with E-state index in [1.807, 2.05) is 104 Å². The van der Waals surface area contributed by atoms with E-state index < -0.39 is 12.0 Å². The molecule has 7 nitrogen and oxygen atoms in total. The van der Waals surface area contributed by atoms with Crippen LogP contribution in [0.15, 0.2) is 106 Å². The number of esters is 1. The summed E-state index contributed by atoms with van der Waals surface area (Å²) in [5.74, 6) is 0.946. The number of aromatic nitrogens is 1. The van der Waals surface area contributed by atoms with E-state index in [9.17, 15) is 9.59 Å². The molecule has 0 bridgehead atoms. The van der Waals surface area contributed by atoms with Crippen LogP contribution in [0.2, 0.25) is 5.02 Å². The molecule has 244 valence electrons. The first-order chi connectivity index (χ1) is 23.3. The number of nitrogens with zero attached hydrogens (tertiary/aromatic N) is 2. The van der Waals surface area contributed by atoms with Gasteiger partial charge in [0.2, 0.25) is 0 Å². The molecular formula is C37H29ClI2N2O5S. The Morgan fingerprint density at radius 2 is 1.62 bits per heavy atom. The molecule has 0 unspecified atom stereocenters. The van der Waals surface area contributed by atoms with Crippen molar-refractivity contribution in [2.75, 3.05) is 13.2 Å². The normalized spacial score (nSPS) is 14.4. The van der Waals surface area contributed by atoms with Crippen molar-refractivity contribution < 1.29 is 19.0 Å².